The van der Waals surface area contributed by atoms with Crippen molar-refractivity contribution in [3.63, 3.8) is 0 Å². The van der Waals surface area contributed by atoms with Gasteiger partial charge in [-0.3, -0.25) is 9.59 Å². The molecule has 1 aliphatic rings. The second-order valence-electron chi connectivity index (χ2n) is 7.28. The van der Waals surface area contributed by atoms with Gasteiger partial charge in [0.05, 0.1) is 11.6 Å². The Balaban J connectivity index is 1.93. The highest BCUT2D eigenvalue weighted by molar-refractivity contribution is 6.08. The third-order valence-corrected chi connectivity index (χ3v) is 5.09. The van der Waals surface area contributed by atoms with E-state index in [9.17, 15) is 14.7 Å². The zero-order valence-electron chi connectivity index (χ0n) is 16.0. The molecule has 1 atom stereocenters. The van der Waals surface area contributed by atoms with Gasteiger partial charge in [-0.1, -0.05) is 68.4 Å². The Morgan fingerprint density at radius 3 is 2.26 bits per heavy atom. The summed E-state index contributed by atoms with van der Waals surface area (Å²) < 4.78 is 0. The van der Waals surface area contributed by atoms with Crippen LogP contribution in [0, 0.1) is 0 Å². The van der Waals surface area contributed by atoms with E-state index in [1.54, 1.807) is 4.90 Å². The molecule has 0 saturated heterocycles. The van der Waals surface area contributed by atoms with Crippen LogP contribution in [-0.2, 0) is 16.0 Å². The number of rotatable bonds is 6. The van der Waals surface area contributed by atoms with Gasteiger partial charge in [0.15, 0.2) is 11.5 Å². The molecule has 1 amide bonds. The molecular weight excluding hydrogens is 338 g/mol. The first-order chi connectivity index (χ1) is 12.9. The van der Waals surface area contributed by atoms with E-state index in [0.717, 1.165) is 11.1 Å². The lowest BCUT2D eigenvalue weighted by Gasteiger charge is -2.27. The Morgan fingerprint density at radius 2 is 1.70 bits per heavy atom. The number of amides is 1. The van der Waals surface area contributed by atoms with Crippen molar-refractivity contribution in [1.82, 2.24) is 4.90 Å². The predicted molar refractivity (Wildman–Crippen MR) is 105 cm³/mol. The van der Waals surface area contributed by atoms with Crippen molar-refractivity contribution < 1.29 is 14.7 Å². The molecule has 1 aliphatic heterocycles. The average Bonchev–Trinajstić information content (AvgIpc) is 2.92. The molecule has 0 aliphatic carbocycles. The Bertz CT molecular complexity index is 866. The molecule has 1 heterocycles. The fourth-order valence-corrected chi connectivity index (χ4v) is 3.55. The second kappa shape index (κ2) is 7.78. The molecule has 0 saturated carbocycles. The van der Waals surface area contributed by atoms with Crippen molar-refractivity contribution in [3.05, 3.63) is 82.6 Å². The zero-order valence-corrected chi connectivity index (χ0v) is 16.0. The zero-order chi connectivity index (χ0) is 19.6. The summed E-state index contributed by atoms with van der Waals surface area (Å²) in [7, 11) is 0. The molecule has 0 fully saturated rings. The minimum atomic E-state index is -0.542. The summed E-state index contributed by atoms with van der Waals surface area (Å²) in [6, 6.07) is 17.3. The summed E-state index contributed by atoms with van der Waals surface area (Å²) in [5, 5.41) is 10.3. The van der Waals surface area contributed by atoms with Gasteiger partial charge in [-0.05, 0) is 36.0 Å². The molecular formula is C23H25NO3. The van der Waals surface area contributed by atoms with E-state index in [2.05, 4.69) is 13.8 Å². The molecule has 1 unspecified atom stereocenters. The van der Waals surface area contributed by atoms with Gasteiger partial charge >= 0.3 is 0 Å². The van der Waals surface area contributed by atoms with Gasteiger partial charge in [0, 0.05) is 6.54 Å². The second-order valence-corrected chi connectivity index (χ2v) is 7.28. The van der Waals surface area contributed by atoms with E-state index in [0.29, 0.717) is 18.9 Å². The van der Waals surface area contributed by atoms with E-state index in [4.69, 9.17) is 0 Å². The minimum Gasteiger partial charge on any atom is -0.503 e. The molecule has 27 heavy (non-hydrogen) atoms. The third-order valence-electron chi connectivity index (χ3n) is 5.09. The first-order valence-corrected chi connectivity index (χ1v) is 9.29. The topological polar surface area (TPSA) is 57.6 Å². The predicted octanol–water partition coefficient (Wildman–Crippen LogP) is 4.34. The Labute approximate surface area is 160 Å². The number of aliphatic hydroxyl groups is 1. The fourth-order valence-electron chi connectivity index (χ4n) is 3.55. The summed E-state index contributed by atoms with van der Waals surface area (Å²) in [6.45, 7) is 6.06. The van der Waals surface area contributed by atoms with Crippen LogP contribution in [0.25, 0.3) is 0 Å². The van der Waals surface area contributed by atoms with Crippen LogP contribution in [0.3, 0.4) is 0 Å². The minimum absolute atomic E-state index is 0.186. The number of benzene rings is 2. The maximum atomic E-state index is 12.7. The van der Waals surface area contributed by atoms with Crippen molar-refractivity contribution in [1.29, 1.82) is 0 Å². The number of carbonyl (C=O) groups is 2. The first-order valence-electron chi connectivity index (χ1n) is 9.29. The van der Waals surface area contributed by atoms with Gasteiger partial charge in [-0.25, -0.2) is 0 Å². The van der Waals surface area contributed by atoms with Crippen molar-refractivity contribution in [2.24, 2.45) is 0 Å². The van der Waals surface area contributed by atoms with Crippen LogP contribution in [0.15, 0.2) is 65.9 Å². The quantitative estimate of drug-likeness (QED) is 0.831. The van der Waals surface area contributed by atoms with Crippen LogP contribution in [-0.4, -0.2) is 28.2 Å². The number of nitrogens with zero attached hydrogens (tertiary/aromatic N) is 1. The maximum Gasteiger partial charge on any atom is 0.290 e. The van der Waals surface area contributed by atoms with Crippen molar-refractivity contribution in [2.45, 2.75) is 39.2 Å². The number of Topliss-reactive ketones (excluding diaryl/α,β-unsaturated/α-hetero) is 1. The molecule has 3 rings (SSSR count). The summed E-state index contributed by atoms with van der Waals surface area (Å²) in [5.41, 5.74) is 3.33. The Kier molecular flexibility index (Phi) is 5.45. The van der Waals surface area contributed by atoms with Gasteiger partial charge in [0.25, 0.3) is 5.91 Å². The summed E-state index contributed by atoms with van der Waals surface area (Å²) in [6.07, 6.45) is 0.658. The molecule has 2 aromatic rings. The summed E-state index contributed by atoms with van der Waals surface area (Å²) in [5.74, 6) is -0.779. The van der Waals surface area contributed by atoms with E-state index < -0.39 is 17.7 Å². The SMILES string of the molecule is CC(=O)C1=C(O)C(=O)N(CCc2ccccc2)C1c1ccc(C(C)C)cc1. The normalized spacial score (nSPS) is 17.1. The molecule has 1 N–H and O–H groups in total. The molecule has 0 bridgehead atoms. The first kappa shape index (κ1) is 18.9. The lowest BCUT2D eigenvalue weighted by atomic mass is 9.94. The highest BCUT2D eigenvalue weighted by Gasteiger charge is 2.41. The van der Waals surface area contributed by atoms with Crippen molar-refractivity contribution in [3.8, 4) is 0 Å². The average molecular weight is 363 g/mol. The standard InChI is InChI=1S/C23H25NO3/c1-15(2)18-9-11-19(12-10-18)21-20(16(3)25)22(26)23(27)24(21)14-13-17-7-5-4-6-8-17/h4-12,15,21,26H,13-14H2,1-3H3. The molecule has 0 radical (unpaired) electrons. The Hall–Kier alpha value is -2.88. The van der Waals surface area contributed by atoms with Crippen LogP contribution in [0.5, 0.6) is 0 Å². The van der Waals surface area contributed by atoms with Gasteiger partial charge in [-0.15, -0.1) is 0 Å². The molecule has 4 heteroatoms. The van der Waals surface area contributed by atoms with Crippen LogP contribution >= 0.6 is 0 Å². The monoisotopic (exact) mass is 363 g/mol. The van der Waals surface area contributed by atoms with Crippen LogP contribution in [0.4, 0.5) is 0 Å². The van der Waals surface area contributed by atoms with Crippen LogP contribution in [0.1, 0.15) is 49.4 Å². The van der Waals surface area contributed by atoms with E-state index in [-0.39, 0.29) is 11.4 Å². The van der Waals surface area contributed by atoms with Gasteiger partial charge in [-0.2, -0.15) is 0 Å². The Morgan fingerprint density at radius 1 is 1.07 bits per heavy atom. The van der Waals surface area contributed by atoms with Crippen molar-refractivity contribution in [2.75, 3.05) is 6.54 Å². The van der Waals surface area contributed by atoms with Gasteiger partial charge < -0.3 is 10.0 Å². The highest BCUT2D eigenvalue weighted by atomic mass is 16.3. The van der Waals surface area contributed by atoms with Crippen LogP contribution < -0.4 is 0 Å². The maximum absolute atomic E-state index is 12.7. The van der Waals surface area contributed by atoms with Crippen LogP contribution in [0.2, 0.25) is 0 Å². The molecule has 2 aromatic carbocycles. The highest BCUT2D eigenvalue weighted by Crippen LogP contribution is 2.38. The molecule has 4 nitrogen and oxygen atoms in total. The number of aliphatic hydroxyl groups excluding tert-OH is 1. The van der Waals surface area contributed by atoms with E-state index >= 15 is 0 Å². The number of ketones is 1. The van der Waals surface area contributed by atoms with E-state index in [1.807, 2.05) is 54.6 Å². The number of carbonyl (C=O) groups excluding carboxylic acids is 2. The van der Waals surface area contributed by atoms with Gasteiger partial charge in [0.1, 0.15) is 0 Å². The smallest absolute Gasteiger partial charge is 0.290 e. The molecule has 0 aromatic heterocycles. The summed E-state index contributed by atoms with van der Waals surface area (Å²) >= 11 is 0. The van der Waals surface area contributed by atoms with Gasteiger partial charge in [0.2, 0.25) is 0 Å². The lowest BCUT2D eigenvalue weighted by Crippen LogP contribution is -2.32. The fraction of sp³-hybridized carbons (Fsp3) is 0.304. The third kappa shape index (κ3) is 3.80. The van der Waals surface area contributed by atoms with Crippen molar-refractivity contribution >= 4 is 11.7 Å². The largest absolute Gasteiger partial charge is 0.503 e. The van der Waals surface area contributed by atoms with E-state index in [1.165, 1.54) is 12.5 Å². The number of hydrogen-bond acceptors (Lipinski definition) is 3. The molecule has 140 valence electrons. The number of hydrogen-bond donors (Lipinski definition) is 1. The summed E-state index contributed by atoms with van der Waals surface area (Å²) in [4.78, 5) is 26.5. The lowest BCUT2D eigenvalue weighted by molar-refractivity contribution is -0.129. The molecule has 0 spiro atoms.